The molecule has 0 saturated heterocycles. The lowest BCUT2D eigenvalue weighted by molar-refractivity contribution is 0.100. The van der Waals surface area contributed by atoms with E-state index in [9.17, 15) is 4.79 Å². The highest BCUT2D eigenvalue weighted by molar-refractivity contribution is 7.11. The zero-order valence-corrected chi connectivity index (χ0v) is 9.14. The topological polar surface area (TPSA) is 94.0 Å². The molecule has 15 heavy (non-hydrogen) atoms. The van der Waals surface area contributed by atoms with Crippen molar-refractivity contribution in [1.29, 1.82) is 0 Å². The Kier molecular flexibility index (Phi) is 2.77. The van der Waals surface area contributed by atoms with Gasteiger partial charge in [0.1, 0.15) is 10.6 Å². The summed E-state index contributed by atoms with van der Waals surface area (Å²) in [7, 11) is 0. The van der Waals surface area contributed by atoms with Crippen LogP contribution >= 0.6 is 11.5 Å². The Morgan fingerprint density at radius 2 is 2.33 bits per heavy atom. The Morgan fingerprint density at radius 3 is 2.87 bits per heavy atom. The summed E-state index contributed by atoms with van der Waals surface area (Å²) in [4.78, 5) is 11.1. The van der Waals surface area contributed by atoms with Crippen LogP contribution in [0, 0.1) is 5.92 Å². The van der Waals surface area contributed by atoms with Crippen LogP contribution in [-0.2, 0) is 0 Å². The van der Waals surface area contributed by atoms with Crippen molar-refractivity contribution in [1.82, 2.24) is 4.37 Å². The quantitative estimate of drug-likeness (QED) is 0.715. The summed E-state index contributed by atoms with van der Waals surface area (Å²) in [5.74, 6) is 0.426. The second kappa shape index (κ2) is 4.06. The number of hydrogen-bond acceptors (Lipinski definition) is 5. The van der Waals surface area contributed by atoms with Gasteiger partial charge >= 0.3 is 0 Å². The van der Waals surface area contributed by atoms with Gasteiger partial charge in [-0.1, -0.05) is 6.42 Å². The smallest absolute Gasteiger partial charge is 0.255 e. The summed E-state index contributed by atoms with van der Waals surface area (Å²) in [5.41, 5.74) is 11.1. The summed E-state index contributed by atoms with van der Waals surface area (Å²) >= 11 is 1.19. The molecule has 0 radical (unpaired) electrons. The number of anilines is 2. The molecular weight excluding hydrogens is 212 g/mol. The molecule has 5 nitrogen and oxygen atoms in total. The van der Waals surface area contributed by atoms with Crippen LogP contribution in [0.1, 0.15) is 29.6 Å². The van der Waals surface area contributed by atoms with Gasteiger partial charge in [-0.3, -0.25) is 4.79 Å². The molecule has 82 valence electrons. The molecule has 1 amide bonds. The summed E-state index contributed by atoms with van der Waals surface area (Å²) in [6.45, 7) is 0.877. The number of primary amides is 1. The largest absolute Gasteiger partial charge is 0.382 e. The minimum Gasteiger partial charge on any atom is -0.382 e. The minimum absolute atomic E-state index is 0.226. The monoisotopic (exact) mass is 226 g/mol. The fourth-order valence-corrected chi connectivity index (χ4v) is 2.32. The van der Waals surface area contributed by atoms with Crippen molar-refractivity contribution >= 4 is 28.3 Å². The highest BCUT2D eigenvalue weighted by atomic mass is 32.1. The molecule has 0 bridgehead atoms. The Hall–Kier alpha value is -1.30. The Balaban J connectivity index is 2.03. The van der Waals surface area contributed by atoms with Crippen molar-refractivity contribution in [2.45, 2.75) is 19.3 Å². The van der Waals surface area contributed by atoms with Gasteiger partial charge in [0.2, 0.25) is 0 Å². The molecule has 0 aromatic carbocycles. The second-order valence-corrected chi connectivity index (χ2v) is 4.59. The van der Waals surface area contributed by atoms with E-state index in [1.165, 1.54) is 30.8 Å². The predicted octanol–water partition coefficient (Wildman–Crippen LogP) is 1.04. The third-order valence-electron chi connectivity index (χ3n) is 2.74. The maximum absolute atomic E-state index is 11.1. The van der Waals surface area contributed by atoms with Gasteiger partial charge in [0.25, 0.3) is 5.91 Å². The first-order chi connectivity index (χ1) is 7.18. The van der Waals surface area contributed by atoms with Crippen molar-refractivity contribution in [3.05, 3.63) is 5.56 Å². The Labute approximate surface area is 92.0 Å². The van der Waals surface area contributed by atoms with Gasteiger partial charge < -0.3 is 16.8 Å². The molecule has 5 N–H and O–H groups in total. The van der Waals surface area contributed by atoms with Gasteiger partial charge in [0, 0.05) is 6.54 Å². The van der Waals surface area contributed by atoms with Crippen molar-refractivity contribution in [2.75, 3.05) is 17.6 Å². The number of nitrogens with two attached hydrogens (primary N) is 2. The van der Waals surface area contributed by atoms with Crippen LogP contribution in [0.2, 0.25) is 0 Å². The standard InChI is InChI=1S/C9H14N4OS/c10-7-6(8(11)14)9(15-13-7)12-4-5-2-1-3-5/h5,12H,1-4H2,(H2,10,13)(H2,11,14). The van der Waals surface area contributed by atoms with Crippen LogP contribution in [-0.4, -0.2) is 16.8 Å². The number of carbonyl (C=O) groups is 1. The molecule has 1 heterocycles. The Bertz CT molecular complexity index is 372. The average Bonchev–Trinajstić information content (AvgIpc) is 2.44. The zero-order chi connectivity index (χ0) is 10.8. The molecule has 1 aliphatic rings. The zero-order valence-electron chi connectivity index (χ0n) is 8.32. The molecular formula is C9H14N4OS. The van der Waals surface area contributed by atoms with E-state index in [0.717, 1.165) is 6.54 Å². The fraction of sp³-hybridized carbons (Fsp3) is 0.556. The van der Waals surface area contributed by atoms with Crippen LogP contribution in [0.5, 0.6) is 0 Å². The number of aromatic nitrogens is 1. The summed E-state index contributed by atoms with van der Waals surface area (Å²) in [6, 6.07) is 0. The van der Waals surface area contributed by atoms with Crippen LogP contribution in [0.25, 0.3) is 0 Å². The van der Waals surface area contributed by atoms with Crippen molar-refractivity contribution in [2.24, 2.45) is 11.7 Å². The number of amides is 1. The van der Waals surface area contributed by atoms with Crippen LogP contribution in [0.4, 0.5) is 10.8 Å². The van der Waals surface area contributed by atoms with Crippen molar-refractivity contribution in [3.63, 3.8) is 0 Å². The predicted molar refractivity (Wildman–Crippen MR) is 60.9 cm³/mol. The number of nitrogens with one attached hydrogen (secondary N) is 1. The molecule has 1 aromatic rings. The van der Waals surface area contributed by atoms with E-state index in [4.69, 9.17) is 11.5 Å². The van der Waals surface area contributed by atoms with E-state index in [2.05, 4.69) is 9.69 Å². The normalized spacial score (nSPS) is 16.0. The fourth-order valence-electron chi connectivity index (χ4n) is 1.60. The first-order valence-electron chi connectivity index (χ1n) is 4.97. The van der Waals surface area contributed by atoms with Crippen molar-refractivity contribution < 1.29 is 4.79 Å². The van der Waals surface area contributed by atoms with E-state index < -0.39 is 5.91 Å². The number of nitrogens with zero attached hydrogens (tertiary/aromatic N) is 1. The molecule has 2 rings (SSSR count). The highest BCUT2D eigenvalue weighted by Crippen LogP contribution is 2.30. The summed E-state index contributed by atoms with van der Waals surface area (Å²) in [5, 5.41) is 3.89. The molecule has 0 aliphatic heterocycles. The number of hydrogen-bond donors (Lipinski definition) is 3. The number of nitrogen functional groups attached to an aromatic ring is 1. The molecule has 0 unspecified atom stereocenters. The van der Waals surface area contributed by atoms with Gasteiger partial charge in [-0.05, 0) is 30.3 Å². The number of carbonyl (C=O) groups excluding carboxylic acids is 1. The van der Waals surface area contributed by atoms with E-state index in [1.807, 2.05) is 0 Å². The number of rotatable bonds is 4. The van der Waals surface area contributed by atoms with Crippen molar-refractivity contribution in [3.8, 4) is 0 Å². The van der Waals surface area contributed by atoms with Crippen LogP contribution < -0.4 is 16.8 Å². The molecule has 1 aliphatic carbocycles. The van der Waals surface area contributed by atoms with Crippen LogP contribution in [0.3, 0.4) is 0 Å². The maximum atomic E-state index is 11.1. The Morgan fingerprint density at radius 1 is 1.60 bits per heavy atom. The highest BCUT2D eigenvalue weighted by Gasteiger charge is 2.20. The molecule has 6 heteroatoms. The molecule has 1 aromatic heterocycles. The van der Waals surface area contributed by atoms with E-state index in [-0.39, 0.29) is 5.82 Å². The van der Waals surface area contributed by atoms with Gasteiger partial charge in [0.05, 0.1) is 0 Å². The van der Waals surface area contributed by atoms with Gasteiger partial charge in [-0.2, -0.15) is 4.37 Å². The lowest BCUT2D eigenvalue weighted by Crippen LogP contribution is -2.22. The molecule has 0 atom stereocenters. The minimum atomic E-state index is -0.516. The lowest BCUT2D eigenvalue weighted by atomic mass is 9.85. The first-order valence-corrected chi connectivity index (χ1v) is 5.74. The molecule has 1 fully saturated rings. The SMILES string of the molecule is NC(=O)c1c(N)nsc1NCC1CCC1. The second-order valence-electron chi connectivity index (χ2n) is 3.81. The van der Waals surface area contributed by atoms with Gasteiger partial charge in [-0.25, -0.2) is 0 Å². The maximum Gasteiger partial charge on any atom is 0.255 e. The summed E-state index contributed by atoms with van der Waals surface area (Å²) < 4.78 is 3.92. The first kappa shape index (κ1) is 10.2. The van der Waals surface area contributed by atoms with Gasteiger partial charge in [-0.15, -0.1) is 0 Å². The molecule has 1 saturated carbocycles. The third-order valence-corrected chi connectivity index (χ3v) is 3.56. The third kappa shape index (κ3) is 2.04. The lowest BCUT2D eigenvalue weighted by Gasteiger charge is -2.25. The summed E-state index contributed by atoms with van der Waals surface area (Å²) in [6.07, 6.45) is 3.82. The van der Waals surface area contributed by atoms with E-state index in [0.29, 0.717) is 16.5 Å². The van der Waals surface area contributed by atoms with Gasteiger partial charge in [0.15, 0.2) is 5.82 Å². The van der Waals surface area contributed by atoms with E-state index in [1.54, 1.807) is 0 Å². The van der Waals surface area contributed by atoms with Crippen LogP contribution in [0.15, 0.2) is 0 Å². The van der Waals surface area contributed by atoms with E-state index >= 15 is 0 Å². The average molecular weight is 226 g/mol. The molecule has 0 spiro atoms.